The van der Waals surface area contributed by atoms with Crippen LogP contribution in [0.1, 0.15) is 17.8 Å². The van der Waals surface area contributed by atoms with E-state index in [1.54, 1.807) is 17.0 Å². The molecule has 24 heavy (non-hydrogen) atoms. The fraction of sp³-hybridized carbons (Fsp3) is 0.333. The highest BCUT2D eigenvalue weighted by Crippen LogP contribution is 2.17. The number of hydrogen-bond donors (Lipinski definition) is 2. The molecule has 0 radical (unpaired) electrons. The molecule has 0 bridgehead atoms. The number of fused-ring (bicyclic) bond motifs is 1. The number of anilines is 1. The highest BCUT2D eigenvalue weighted by atomic mass is 35.5. The van der Waals surface area contributed by atoms with E-state index in [1.807, 2.05) is 10.7 Å². The van der Waals surface area contributed by atoms with Gasteiger partial charge in [-0.25, -0.2) is 9.78 Å². The SMILES string of the molecule is O=C(O)CCc1cc2n(n1)CCN(C(=O)Nc1ccc(Cl)nc1)C2. The lowest BCUT2D eigenvalue weighted by molar-refractivity contribution is -0.136. The molecule has 2 aromatic heterocycles. The summed E-state index contributed by atoms with van der Waals surface area (Å²) in [6, 6.07) is 4.92. The quantitative estimate of drug-likeness (QED) is 0.822. The van der Waals surface area contributed by atoms with Crippen molar-refractivity contribution in [2.75, 3.05) is 11.9 Å². The molecule has 1 aliphatic heterocycles. The number of nitrogens with zero attached hydrogens (tertiary/aromatic N) is 4. The monoisotopic (exact) mass is 349 g/mol. The van der Waals surface area contributed by atoms with E-state index in [9.17, 15) is 9.59 Å². The van der Waals surface area contributed by atoms with E-state index in [0.717, 1.165) is 11.4 Å². The summed E-state index contributed by atoms with van der Waals surface area (Å²) in [5, 5.41) is 16.3. The van der Waals surface area contributed by atoms with E-state index < -0.39 is 5.97 Å². The molecule has 0 saturated carbocycles. The Bertz CT molecular complexity index is 759. The Hall–Kier alpha value is -2.61. The molecule has 126 valence electrons. The Balaban J connectivity index is 1.62. The van der Waals surface area contributed by atoms with Crippen LogP contribution in [0.4, 0.5) is 10.5 Å². The van der Waals surface area contributed by atoms with Crippen molar-refractivity contribution < 1.29 is 14.7 Å². The predicted octanol–water partition coefficient (Wildman–Crippen LogP) is 2.00. The molecule has 9 heteroatoms. The summed E-state index contributed by atoms with van der Waals surface area (Å²) in [4.78, 5) is 28.6. The smallest absolute Gasteiger partial charge is 0.322 e. The van der Waals surface area contributed by atoms with Gasteiger partial charge in [0.15, 0.2) is 0 Å². The third kappa shape index (κ3) is 3.83. The third-order valence-electron chi connectivity index (χ3n) is 3.71. The number of carboxylic acids is 1. The minimum Gasteiger partial charge on any atom is -0.481 e. The second-order valence-corrected chi connectivity index (χ2v) is 5.85. The van der Waals surface area contributed by atoms with Gasteiger partial charge in [-0.15, -0.1) is 0 Å². The van der Waals surface area contributed by atoms with Gasteiger partial charge >= 0.3 is 12.0 Å². The topological polar surface area (TPSA) is 100 Å². The first-order chi connectivity index (χ1) is 11.5. The van der Waals surface area contributed by atoms with Crippen LogP contribution >= 0.6 is 11.6 Å². The number of carbonyl (C=O) groups excluding carboxylic acids is 1. The van der Waals surface area contributed by atoms with Gasteiger partial charge in [0.25, 0.3) is 0 Å². The number of halogens is 1. The molecule has 3 heterocycles. The van der Waals surface area contributed by atoms with Crippen LogP contribution in [-0.2, 0) is 24.3 Å². The molecule has 0 saturated heterocycles. The average Bonchev–Trinajstić information content (AvgIpc) is 2.97. The van der Waals surface area contributed by atoms with E-state index in [0.29, 0.717) is 36.9 Å². The maximum atomic E-state index is 12.3. The Morgan fingerprint density at radius 3 is 2.88 bits per heavy atom. The van der Waals surface area contributed by atoms with E-state index in [2.05, 4.69) is 15.4 Å². The lowest BCUT2D eigenvalue weighted by atomic mass is 10.2. The molecule has 0 spiro atoms. The van der Waals surface area contributed by atoms with Crippen LogP contribution in [0.25, 0.3) is 0 Å². The lowest BCUT2D eigenvalue weighted by Crippen LogP contribution is -2.40. The predicted molar refractivity (Wildman–Crippen MR) is 86.9 cm³/mol. The maximum Gasteiger partial charge on any atom is 0.322 e. The Labute approximate surface area is 143 Å². The summed E-state index contributed by atoms with van der Waals surface area (Å²) in [5.41, 5.74) is 2.20. The Morgan fingerprint density at radius 2 is 2.17 bits per heavy atom. The fourth-order valence-corrected chi connectivity index (χ4v) is 2.62. The van der Waals surface area contributed by atoms with Crippen molar-refractivity contribution in [3.8, 4) is 0 Å². The van der Waals surface area contributed by atoms with Crippen molar-refractivity contribution in [1.82, 2.24) is 19.7 Å². The maximum absolute atomic E-state index is 12.3. The van der Waals surface area contributed by atoms with Gasteiger partial charge in [-0.1, -0.05) is 11.6 Å². The van der Waals surface area contributed by atoms with Gasteiger partial charge in [0.1, 0.15) is 5.15 Å². The first-order valence-corrected chi connectivity index (χ1v) is 7.84. The summed E-state index contributed by atoms with van der Waals surface area (Å²) in [6.45, 7) is 1.53. The Kier molecular flexibility index (Phi) is 4.66. The number of aromatic nitrogens is 3. The highest BCUT2D eigenvalue weighted by molar-refractivity contribution is 6.29. The van der Waals surface area contributed by atoms with Crippen LogP contribution < -0.4 is 5.32 Å². The van der Waals surface area contributed by atoms with Gasteiger partial charge in [-0.2, -0.15) is 5.10 Å². The summed E-state index contributed by atoms with van der Waals surface area (Å²) in [5.74, 6) is -0.849. The number of nitrogens with one attached hydrogen (secondary N) is 1. The first kappa shape index (κ1) is 16.3. The second kappa shape index (κ2) is 6.88. The molecule has 1 aliphatic rings. The number of hydrogen-bond acceptors (Lipinski definition) is 4. The number of urea groups is 1. The molecule has 0 unspecified atom stereocenters. The van der Waals surface area contributed by atoms with Crippen LogP contribution in [0.5, 0.6) is 0 Å². The second-order valence-electron chi connectivity index (χ2n) is 5.47. The molecular weight excluding hydrogens is 334 g/mol. The summed E-state index contributed by atoms with van der Waals surface area (Å²) >= 11 is 5.72. The molecular formula is C15H16ClN5O3. The number of amides is 2. The third-order valence-corrected chi connectivity index (χ3v) is 3.93. The van der Waals surface area contributed by atoms with Crippen molar-refractivity contribution in [1.29, 1.82) is 0 Å². The molecule has 2 amide bonds. The summed E-state index contributed by atoms with van der Waals surface area (Å²) in [6.07, 6.45) is 1.93. The zero-order valence-corrected chi connectivity index (χ0v) is 13.5. The molecule has 2 N–H and O–H groups in total. The molecule has 0 aliphatic carbocycles. The number of rotatable bonds is 4. The van der Waals surface area contributed by atoms with Gasteiger partial charge in [-0.3, -0.25) is 9.48 Å². The average molecular weight is 350 g/mol. The van der Waals surface area contributed by atoms with Crippen molar-refractivity contribution in [2.45, 2.75) is 25.9 Å². The highest BCUT2D eigenvalue weighted by Gasteiger charge is 2.22. The van der Waals surface area contributed by atoms with Gasteiger partial charge in [0.05, 0.1) is 42.8 Å². The van der Waals surface area contributed by atoms with Gasteiger partial charge in [0.2, 0.25) is 0 Å². The standard InChI is InChI=1S/C15H16ClN5O3/c16-13-3-1-11(8-17-13)18-15(24)20-5-6-21-12(9-20)7-10(19-21)2-4-14(22)23/h1,3,7-8H,2,4-6,9H2,(H,18,24)(H,22,23). The van der Waals surface area contributed by atoms with Crippen LogP contribution in [0.3, 0.4) is 0 Å². The van der Waals surface area contributed by atoms with Crippen LogP contribution in [-0.4, -0.2) is 43.3 Å². The number of carbonyl (C=O) groups is 2. The van der Waals surface area contributed by atoms with E-state index in [-0.39, 0.29) is 12.5 Å². The van der Waals surface area contributed by atoms with Crippen molar-refractivity contribution in [3.63, 3.8) is 0 Å². The zero-order valence-electron chi connectivity index (χ0n) is 12.8. The minimum absolute atomic E-state index is 0.0459. The number of pyridine rings is 1. The number of aliphatic carboxylic acids is 1. The van der Waals surface area contributed by atoms with E-state index in [4.69, 9.17) is 16.7 Å². The lowest BCUT2D eigenvalue weighted by Gasteiger charge is -2.27. The largest absolute Gasteiger partial charge is 0.481 e. The molecule has 0 atom stereocenters. The van der Waals surface area contributed by atoms with Crippen LogP contribution in [0.2, 0.25) is 5.15 Å². The van der Waals surface area contributed by atoms with E-state index >= 15 is 0 Å². The number of carboxylic acid groups (broad SMARTS) is 1. The van der Waals surface area contributed by atoms with Crippen LogP contribution in [0, 0.1) is 0 Å². The molecule has 0 fully saturated rings. The zero-order chi connectivity index (χ0) is 17.1. The van der Waals surface area contributed by atoms with Crippen molar-refractivity contribution >= 4 is 29.3 Å². The minimum atomic E-state index is -0.849. The van der Waals surface area contributed by atoms with Gasteiger partial charge in [-0.05, 0) is 18.2 Å². The molecule has 2 aromatic rings. The normalized spacial score (nSPS) is 13.5. The number of aryl methyl sites for hydroxylation is 1. The molecule has 8 nitrogen and oxygen atoms in total. The summed E-state index contributed by atoms with van der Waals surface area (Å²) < 4.78 is 1.82. The van der Waals surface area contributed by atoms with Crippen LogP contribution in [0.15, 0.2) is 24.4 Å². The first-order valence-electron chi connectivity index (χ1n) is 7.46. The molecule has 0 aromatic carbocycles. The van der Waals surface area contributed by atoms with E-state index in [1.165, 1.54) is 6.20 Å². The summed E-state index contributed by atoms with van der Waals surface area (Å²) in [7, 11) is 0. The van der Waals surface area contributed by atoms with Crippen molar-refractivity contribution in [2.24, 2.45) is 0 Å². The Morgan fingerprint density at radius 1 is 1.33 bits per heavy atom. The molecule has 3 rings (SSSR count). The van der Waals surface area contributed by atoms with Gasteiger partial charge in [0, 0.05) is 13.0 Å². The fourth-order valence-electron chi connectivity index (χ4n) is 2.51. The van der Waals surface area contributed by atoms with Gasteiger partial charge < -0.3 is 15.3 Å². The van der Waals surface area contributed by atoms with Crippen molar-refractivity contribution in [3.05, 3.63) is 40.9 Å².